The summed E-state index contributed by atoms with van der Waals surface area (Å²) in [4.78, 5) is 37.6. The second kappa shape index (κ2) is 13.3. The highest BCUT2D eigenvalue weighted by Crippen LogP contribution is 2.77. The molecule has 0 bridgehead atoms. The van der Waals surface area contributed by atoms with Crippen LogP contribution in [0.5, 0.6) is 0 Å². The Kier molecular flexibility index (Phi) is 10.4. The Labute approximate surface area is 278 Å². The maximum absolute atomic E-state index is 14.2. The van der Waals surface area contributed by atoms with Crippen molar-refractivity contribution in [3.8, 4) is 0 Å². The number of carboxylic acid groups (broad SMARTS) is 2. The molecule has 0 spiro atoms. The van der Waals surface area contributed by atoms with Crippen molar-refractivity contribution in [1.29, 1.82) is 0 Å². The van der Waals surface area contributed by atoms with Gasteiger partial charge in [-0.2, -0.15) is 0 Å². The zero-order valence-corrected chi connectivity index (χ0v) is 29.7. The minimum atomic E-state index is -0.713. The first-order valence-corrected chi connectivity index (χ1v) is 19.1. The van der Waals surface area contributed by atoms with Gasteiger partial charge < -0.3 is 20.6 Å². The van der Waals surface area contributed by atoms with Gasteiger partial charge in [-0.25, -0.2) is 0 Å². The Morgan fingerprint density at radius 1 is 0.674 bits per heavy atom. The van der Waals surface area contributed by atoms with Gasteiger partial charge in [-0.05, 0) is 122 Å². The van der Waals surface area contributed by atoms with E-state index in [0.29, 0.717) is 31.2 Å². The quantitative estimate of drug-likeness (QED) is 0.150. The second-order valence-corrected chi connectivity index (χ2v) is 17.9. The first-order valence-electron chi connectivity index (χ1n) is 19.1. The average molecular weight is 644 g/mol. The molecule has 5 aliphatic carbocycles. The average Bonchev–Trinajstić information content (AvgIpc) is 3.39. The van der Waals surface area contributed by atoms with Crippen molar-refractivity contribution in [3.05, 3.63) is 0 Å². The number of aliphatic hydroxyl groups is 1. The van der Waals surface area contributed by atoms with E-state index in [4.69, 9.17) is 5.11 Å². The van der Waals surface area contributed by atoms with E-state index in [-0.39, 0.29) is 51.9 Å². The number of carbonyl (C=O) groups excluding carboxylic acids is 1. The molecule has 7 heteroatoms. The van der Waals surface area contributed by atoms with Crippen molar-refractivity contribution in [2.45, 2.75) is 163 Å². The van der Waals surface area contributed by atoms with Crippen molar-refractivity contribution < 1.29 is 29.7 Å². The van der Waals surface area contributed by atoms with Crippen LogP contribution in [0.4, 0.5) is 0 Å². The Bertz CT molecular complexity index is 1140. The summed E-state index contributed by atoms with van der Waals surface area (Å²) in [6.45, 7) is 12.8. The normalized spacial score (nSPS) is 42.7. The molecule has 0 aromatic rings. The fourth-order valence-corrected chi connectivity index (χ4v) is 13.1. The summed E-state index contributed by atoms with van der Waals surface area (Å²) in [7, 11) is 0. The van der Waals surface area contributed by atoms with E-state index in [0.717, 1.165) is 103 Å². The summed E-state index contributed by atoms with van der Waals surface area (Å²) < 4.78 is 0. The summed E-state index contributed by atoms with van der Waals surface area (Å²) >= 11 is 0. The van der Waals surface area contributed by atoms with Crippen LogP contribution < -0.4 is 5.32 Å². The largest absolute Gasteiger partial charge is 0.481 e. The minimum Gasteiger partial charge on any atom is -0.481 e. The molecular formula is C39H65NO6. The monoisotopic (exact) mass is 643 g/mol. The van der Waals surface area contributed by atoms with Crippen LogP contribution in [-0.2, 0) is 14.4 Å². The van der Waals surface area contributed by atoms with Crippen LogP contribution in [0.2, 0.25) is 0 Å². The van der Waals surface area contributed by atoms with Crippen LogP contribution in [0.1, 0.15) is 157 Å². The second-order valence-electron chi connectivity index (χ2n) is 17.9. The van der Waals surface area contributed by atoms with Gasteiger partial charge in [0, 0.05) is 13.0 Å². The van der Waals surface area contributed by atoms with Crippen LogP contribution in [0.15, 0.2) is 0 Å². The van der Waals surface area contributed by atoms with Crippen LogP contribution in [0.25, 0.3) is 0 Å². The molecule has 0 aromatic heterocycles. The fourth-order valence-electron chi connectivity index (χ4n) is 13.1. The molecule has 0 radical (unpaired) electrons. The highest BCUT2D eigenvalue weighted by molar-refractivity contribution is 5.85. The third-order valence-electron chi connectivity index (χ3n) is 15.8. The Balaban J connectivity index is 1.24. The predicted octanol–water partition coefficient (Wildman–Crippen LogP) is 8.23. The number of rotatable bonds is 13. The third-order valence-corrected chi connectivity index (χ3v) is 15.8. The summed E-state index contributed by atoms with van der Waals surface area (Å²) in [6.07, 6.45) is 17.7. The number of hydrogen-bond acceptors (Lipinski definition) is 4. The van der Waals surface area contributed by atoms with Crippen molar-refractivity contribution >= 4 is 17.8 Å². The number of carbonyl (C=O) groups is 3. The molecule has 4 N–H and O–H groups in total. The van der Waals surface area contributed by atoms with Gasteiger partial charge in [0.05, 0.1) is 17.4 Å². The van der Waals surface area contributed by atoms with E-state index < -0.39 is 23.3 Å². The van der Waals surface area contributed by atoms with Gasteiger partial charge in [-0.1, -0.05) is 73.1 Å². The topological polar surface area (TPSA) is 124 Å². The van der Waals surface area contributed by atoms with Gasteiger partial charge in [-0.15, -0.1) is 0 Å². The molecule has 5 aliphatic rings. The van der Waals surface area contributed by atoms with E-state index >= 15 is 0 Å². The lowest BCUT2D eigenvalue weighted by Crippen LogP contribution is -2.67. The lowest BCUT2D eigenvalue weighted by molar-refractivity contribution is -0.247. The summed E-state index contributed by atoms with van der Waals surface area (Å²) in [5, 5.41) is 33.6. The highest BCUT2D eigenvalue weighted by atomic mass is 16.4. The molecular weight excluding hydrogens is 578 g/mol. The van der Waals surface area contributed by atoms with Gasteiger partial charge >= 0.3 is 11.9 Å². The van der Waals surface area contributed by atoms with Crippen LogP contribution >= 0.6 is 0 Å². The molecule has 10 atom stereocenters. The molecule has 5 fully saturated rings. The maximum atomic E-state index is 14.2. The van der Waals surface area contributed by atoms with Gasteiger partial charge in [0.15, 0.2) is 0 Å². The number of nitrogens with one attached hydrogen (secondary N) is 1. The Morgan fingerprint density at radius 3 is 1.98 bits per heavy atom. The standard InChI is InChI=1S/C39H65NO6/c1-35(2)28-18-21-38(5)29(36(28,3)20-19-30(35)41)16-15-27-32-26(33(44)45)17-22-39(32,24-23-37(27,38)4)34(46)40-25-13-11-9-7-6-8-10-12-14-31(42)43/h26-30,32,41H,6-25H2,1-5H3,(H,40,46)(H,42,43)(H,44,45)/t26-,27?,28?,29?,30?,32?,36+,37-,38-,39+/m1/s1. The third kappa shape index (κ3) is 5.85. The van der Waals surface area contributed by atoms with Gasteiger partial charge in [-0.3, -0.25) is 14.4 Å². The number of amides is 1. The van der Waals surface area contributed by atoms with E-state index in [1.807, 2.05) is 0 Å². The molecule has 46 heavy (non-hydrogen) atoms. The molecule has 7 nitrogen and oxygen atoms in total. The molecule has 5 saturated carbocycles. The number of aliphatic hydroxyl groups excluding tert-OH is 1. The summed E-state index contributed by atoms with van der Waals surface area (Å²) in [5.74, 6) is -0.546. The molecule has 0 saturated heterocycles. The van der Waals surface area contributed by atoms with Crippen molar-refractivity contribution in [3.63, 3.8) is 0 Å². The zero-order valence-electron chi connectivity index (χ0n) is 29.7. The van der Waals surface area contributed by atoms with Crippen molar-refractivity contribution in [1.82, 2.24) is 5.32 Å². The van der Waals surface area contributed by atoms with E-state index in [2.05, 4.69) is 39.9 Å². The fraction of sp³-hybridized carbons (Fsp3) is 0.923. The Hall–Kier alpha value is -1.63. The molecule has 0 aliphatic heterocycles. The smallest absolute Gasteiger partial charge is 0.306 e. The first kappa shape index (κ1) is 35.7. The predicted molar refractivity (Wildman–Crippen MR) is 180 cm³/mol. The summed E-state index contributed by atoms with van der Waals surface area (Å²) in [5.41, 5.74) is -0.369. The van der Waals surface area contributed by atoms with Crippen molar-refractivity contribution in [2.24, 2.45) is 56.7 Å². The highest BCUT2D eigenvalue weighted by Gasteiger charge is 2.72. The SMILES string of the molecule is CC1(C)C(O)CC[C@@]2(C)C1CC[C@]1(C)C2CCC2C3[C@H](C(=O)O)CC[C@]3(C(=O)NCCCCCCCCCCC(=O)O)CC[C@]21C. The number of carboxylic acids is 2. The van der Waals surface area contributed by atoms with Gasteiger partial charge in [0.1, 0.15) is 0 Å². The van der Waals surface area contributed by atoms with Crippen molar-refractivity contribution in [2.75, 3.05) is 6.54 Å². The number of unbranched alkanes of at least 4 members (excludes halogenated alkanes) is 7. The lowest BCUT2D eigenvalue weighted by Gasteiger charge is -2.72. The minimum absolute atomic E-state index is 0.00418. The molecule has 0 aromatic carbocycles. The van der Waals surface area contributed by atoms with E-state index in [1.165, 1.54) is 0 Å². The molecule has 0 heterocycles. The zero-order chi connectivity index (χ0) is 33.5. The number of aliphatic carboxylic acids is 2. The lowest BCUT2D eigenvalue weighted by atomic mass is 9.32. The van der Waals surface area contributed by atoms with E-state index in [9.17, 15) is 24.6 Å². The number of fused-ring (bicyclic) bond motifs is 7. The van der Waals surface area contributed by atoms with Gasteiger partial charge in [0.2, 0.25) is 5.91 Å². The molecule has 1 amide bonds. The van der Waals surface area contributed by atoms with Crippen LogP contribution in [0, 0.1) is 56.7 Å². The van der Waals surface area contributed by atoms with E-state index in [1.54, 1.807) is 0 Å². The number of hydrogen-bond donors (Lipinski definition) is 4. The van der Waals surface area contributed by atoms with Crippen LogP contribution in [0.3, 0.4) is 0 Å². The van der Waals surface area contributed by atoms with Crippen LogP contribution in [-0.4, -0.2) is 45.8 Å². The Morgan fingerprint density at radius 2 is 1.33 bits per heavy atom. The summed E-state index contributed by atoms with van der Waals surface area (Å²) in [6, 6.07) is 0. The molecule has 5 unspecified atom stereocenters. The molecule has 262 valence electrons. The first-order chi connectivity index (χ1) is 21.6. The molecule has 5 rings (SSSR count). The van der Waals surface area contributed by atoms with Gasteiger partial charge in [0.25, 0.3) is 0 Å². The maximum Gasteiger partial charge on any atom is 0.306 e.